The van der Waals surface area contributed by atoms with E-state index in [4.69, 9.17) is 11.2 Å². The van der Waals surface area contributed by atoms with Crippen molar-refractivity contribution >= 4 is 6.08 Å². The highest BCUT2D eigenvalue weighted by Crippen LogP contribution is 2.54. The molecule has 28 heavy (non-hydrogen) atoms. The Kier molecular flexibility index (Phi) is 5.93. The Balaban J connectivity index is 2.17. The van der Waals surface area contributed by atoms with Crippen LogP contribution < -0.4 is 4.74 Å². The lowest BCUT2D eigenvalue weighted by atomic mass is 9.58. The molecule has 0 bridgehead atoms. The first kappa shape index (κ1) is 20.2. The summed E-state index contributed by atoms with van der Waals surface area (Å²) >= 11 is 0. The topological polar surface area (TPSA) is 32.7 Å². The lowest BCUT2D eigenvalue weighted by Gasteiger charge is -2.50. The molecule has 3 nitrogen and oxygen atoms in total. The Hall–Kier alpha value is -2.54. The van der Waals surface area contributed by atoms with Crippen LogP contribution in [0.4, 0.5) is 0 Å². The fourth-order valence-corrected chi connectivity index (χ4v) is 4.42. The predicted molar refractivity (Wildman–Crippen MR) is 115 cm³/mol. The van der Waals surface area contributed by atoms with Gasteiger partial charge in [-0.05, 0) is 62.2 Å². The molecule has 0 aliphatic heterocycles. The Bertz CT molecular complexity index is 864. The smallest absolute Gasteiger partial charge is 0.129 e. The molecular weight excluding hydrogens is 346 g/mol. The number of hydrogen-bond acceptors (Lipinski definition) is 3. The van der Waals surface area contributed by atoms with E-state index in [1.54, 1.807) is 7.11 Å². The predicted octanol–water partition coefficient (Wildman–Crippen LogP) is 4.33. The molecule has 1 aliphatic carbocycles. The van der Waals surface area contributed by atoms with E-state index >= 15 is 0 Å². The summed E-state index contributed by atoms with van der Waals surface area (Å²) in [6.45, 7) is 0.620. The molecule has 1 aliphatic rings. The van der Waals surface area contributed by atoms with Gasteiger partial charge in [-0.1, -0.05) is 54.5 Å². The number of methoxy groups -OCH3 is 1. The number of rotatable bonds is 5. The second-order valence-corrected chi connectivity index (χ2v) is 7.84. The van der Waals surface area contributed by atoms with Gasteiger partial charge in [-0.15, -0.1) is 6.42 Å². The minimum absolute atomic E-state index is 0.620. The zero-order valence-corrected chi connectivity index (χ0v) is 17.0. The molecule has 3 rings (SSSR count). The second-order valence-electron chi connectivity index (χ2n) is 7.84. The van der Waals surface area contributed by atoms with Crippen molar-refractivity contribution in [2.24, 2.45) is 5.41 Å². The summed E-state index contributed by atoms with van der Waals surface area (Å²) in [6.07, 6.45) is 10.8. The van der Waals surface area contributed by atoms with Crippen LogP contribution in [0.2, 0.25) is 0 Å². The molecule has 2 aromatic rings. The SMILES string of the molecule is C#CC1(CN(C)C)CCCC(=Cc2ccc(OC)cc2)C1(O)c1ccccc1. The molecule has 146 valence electrons. The molecule has 3 heteroatoms. The van der Waals surface area contributed by atoms with Crippen molar-refractivity contribution in [3.8, 4) is 18.1 Å². The molecule has 1 fully saturated rings. The molecule has 2 aromatic carbocycles. The summed E-state index contributed by atoms with van der Waals surface area (Å²) in [4.78, 5) is 2.07. The van der Waals surface area contributed by atoms with Crippen molar-refractivity contribution in [1.82, 2.24) is 4.90 Å². The third kappa shape index (κ3) is 3.58. The van der Waals surface area contributed by atoms with E-state index in [0.717, 1.165) is 41.7 Å². The first-order valence-corrected chi connectivity index (χ1v) is 9.71. The van der Waals surface area contributed by atoms with Crippen LogP contribution in [0.5, 0.6) is 5.75 Å². The summed E-state index contributed by atoms with van der Waals surface area (Å²) < 4.78 is 5.26. The van der Waals surface area contributed by atoms with E-state index in [1.807, 2.05) is 68.7 Å². The van der Waals surface area contributed by atoms with Gasteiger partial charge in [-0.3, -0.25) is 0 Å². The van der Waals surface area contributed by atoms with Crippen molar-refractivity contribution < 1.29 is 9.84 Å². The minimum atomic E-state index is -1.22. The zero-order chi connectivity index (χ0) is 20.2. The van der Waals surface area contributed by atoms with Gasteiger partial charge >= 0.3 is 0 Å². The van der Waals surface area contributed by atoms with Gasteiger partial charge in [0, 0.05) is 6.54 Å². The third-order valence-electron chi connectivity index (χ3n) is 5.72. The van der Waals surface area contributed by atoms with E-state index in [-0.39, 0.29) is 0 Å². The summed E-state index contributed by atoms with van der Waals surface area (Å²) in [5.74, 6) is 3.83. The summed E-state index contributed by atoms with van der Waals surface area (Å²) in [5, 5.41) is 12.3. The van der Waals surface area contributed by atoms with Gasteiger partial charge in [-0.2, -0.15) is 0 Å². The number of terminal acetylenes is 1. The van der Waals surface area contributed by atoms with Gasteiger partial charge in [0.2, 0.25) is 0 Å². The Morgan fingerprint density at radius 3 is 2.39 bits per heavy atom. The molecule has 0 heterocycles. The monoisotopic (exact) mass is 375 g/mol. The van der Waals surface area contributed by atoms with Crippen LogP contribution in [0.15, 0.2) is 60.2 Å². The van der Waals surface area contributed by atoms with Gasteiger partial charge < -0.3 is 14.7 Å². The van der Waals surface area contributed by atoms with Gasteiger partial charge in [0.05, 0.1) is 12.5 Å². The maximum Gasteiger partial charge on any atom is 0.129 e. The van der Waals surface area contributed by atoms with E-state index < -0.39 is 11.0 Å². The number of aliphatic hydroxyl groups is 1. The summed E-state index contributed by atoms with van der Waals surface area (Å²) in [5.41, 5.74) is 0.951. The number of ether oxygens (including phenoxy) is 1. The molecule has 0 amide bonds. The van der Waals surface area contributed by atoms with Crippen molar-refractivity contribution in [3.63, 3.8) is 0 Å². The van der Waals surface area contributed by atoms with E-state index in [9.17, 15) is 5.11 Å². The van der Waals surface area contributed by atoms with Crippen LogP contribution in [0, 0.1) is 17.8 Å². The largest absolute Gasteiger partial charge is 0.497 e. The van der Waals surface area contributed by atoms with Crippen LogP contribution in [0.1, 0.15) is 30.4 Å². The van der Waals surface area contributed by atoms with E-state index in [2.05, 4.69) is 16.9 Å². The minimum Gasteiger partial charge on any atom is -0.497 e. The molecular formula is C25H29NO2. The average molecular weight is 376 g/mol. The van der Waals surface area contributed by atoms with Crippen LogP contribution in [0.25, 0.3) is 6.08 Å². The molecule has 0 radical (unpaired) electrons. The van der Waals surface area contributed by atoms with E-state index in [0.29, 0.717) is 6.54 Å². The van der Waals surface area contributed by atoms with Gasteiger partial charge in [0.15, 0.2) is 0 Å². The number of benzene rings is 2. The lowest BCUT2D eigenvalue weighted by molar-refractivity contribution is -0.0579. The highest BCUT2D eigenvalue weighted by molar-refractivity contribution is 5.59. The van der Waals surface area contributed by atoms with Crippen LogP contribution >= 0.6 is 0 Å². The summed E-state index contributed by atoms with van der Waals surface area (Å²) in [7, 11) is 5.67. The first-order chi connectivity index (χ1) is 13.4. The molecule has 0 spiro atoms. The molecule has 1 saturated carbocycles. The van der Waals surface area contributed by atoms with Gasteiger partial charge in [0.1, 0.15) is 11.4 Å². The highest BCUT2D eigenvalue weighted by atomic mass is 16.5. The molecule has 0 aromatic heterocycles. The standard InChI is InChI=1S/C25H29NO2/c1-5-24(19-26(2)3)17-9-12-22(18-20-13-15-23(28-4)16-14-20)25(24,27)21-10-7-6-8-11-21/h1,6-8,10-11,13-16,18,27H,9,12,17,19H2,2-4H3. The second kappa shape index (κ2) is 8.22. The van der Waals surface area contributed by atoms with Gasteiger partial charge in [0.25, 0.3) is 0 Å². The van der Waals surface area contributed by atoms with Crippen molar-refractivity contribution in [3.05, 3.63) is 71.3 Å². The Labute approximate surface area is 168 Å². The fourth-order valence-electron chi connectivity index (χ4n) is 4.42. The van der Waals surface area contributed by atoms with Crippen LogP contribution in [0.3, 0.4) is 0 Å². The average Bonchev–Trinajstić information content (AvgIpc) is 2.72. The summed E-state index contributed by atoms with van der Waals surface area (Å²) in [6, 6.07) is 17.7. The van der Waals surface area contributed by atoms with Crippen molar-refractivity contribution in [2.45, 2.75) is 24.9 Å². The fraction of sp³-hybridized carbons (Fsp3) is 0.360. The van der Waals surface area contributed by atoms with Crippen LogP contribution in [-0.2, 0) is 5.60 Å². The number of nitrogens with zero attached hydrogens (tertiary/aromatic N) is 1. The lowest BCUT2D eigenvalue weighted by Crippen LogP contribution is -2.53. The van der Waals surface area contributed by atoms with Gasteiger partial charge in [-0.25, -0.2) is 0 Å². The normalized spacial score (nSPS) is 26.2. The van der Waals surface area contributed by atoms with Crippen molar-refractivity contribution in [1.29, 1.82) is 0 Å². The van der Waals surface area contributed by atoms with Crippen LogP contribution in [-0.4, -0.2) is 37.8 Å². The van der Waals surface area contributed by atoms with Crippen molar-refractivity contribution in [2.75, 3.05) is 27.7 Å². The molecule has 2 atom stereocenters. The molecule has 1 N–H and O–H groups in total. The maximum absolute atomic E-state index is 12.3. The highest BCUT2D eigenvalue weighted by Gasteiger charge is 2.54. The third-order valence-corrected chi connectivity index (χ3v) is 5.72. The zero-order valence-electron chi connectivity index (χ0n) is 17.0. The molecule has 0 saturated heterocycles. The quantitative estimate of drug-likeness (QED) is 0.790. The first-order valence-electron chi connectivity index (χ1n) is 9.71. The maximum atomic E-state index is 12.3. The molecule has 2 unspecified atom stereocenters. The Morgan fingerprint density at radius 1 is 1.14 bits per heavy atom. The van der Waals surface area contributed by atoms with E-state index in [1.165, 1.54) is 0 Å². The Morgan fingerprint density at radius 2 is 1.82 bits per heavy atom. The number of hydrogen-bond donors (Lipinski definition) is 1.